The number of esters is 1. The molecule has 2 aliphatic rings. The van der Waals surface area contributed by atoms with Crippen molar-refractivity contribution in [3.63, 3.8) is 0 Å². The zero-order valence-electron chi connectivity index (χ0n) is 16.5. The van der Waals surface area contributed by atoms with Crippen LogP contribution in [0.25, 0.3) is 6.08 Å². The van der Waals surface area contributed by atoms with Gasteiger partial charge >= 0.3 is 12.6 Å². The zero-order valence-corrected chi connectivity index (χ0v) is 16.5. The smallest absolute Gasteiger partial charge is 0.387 e. The van der Waals surface area contributed by atoms with Crippen molar-refractivity contribution in [1.29, 1.82) is 0 Å². The quantitative estimate of drug-likeness (QED) is 0.335. The van der Waals surface area contributed by atoms with E-state index in [0.29, 0.717) is 22.6 Å². The molecule has 1 atom stereocenters. The largest absolute Gasteiger partial charge is 0.452 e. The predicted molar refractivity (Wildman–Crippen MR) is 109 cm³/mol. The van der Waals surface area contributed by atoms with E-state index >= 15 is 0 Å². The summed E-state index contributed by atoms with van der Waals surface area (Å²) in [6, 6.07) is 12.8. The van der Waals surface area contributed by atoms with Gasteiger partial charge in [0, 0.05) is 29.4 Å². The summed E-state index contributed by atoms with van der Waals surface area (Å²) in [5.74, 6) is -0.682. The van der Waals surface area contributed by atoms with Gasteiger partial charge < -0.3 is 14.2 Å². The number of nitrogens with zero attached hydrogens (tertiary/aromatic N) is 1. The van der Waals surface area contributed by atoms with Gasteiger partial charge in [-0.15, -0.1) is 0 Å². The topological polar surface area (TPSA) is 74.7 Å². The number of carbonyl (C=O) groups excluding carboxylic acids is 2. The SMILES string of the molecule is O=C1CC(c2ccncc2)c2c(ccc3c2OC(=Cc2ccccc2OC(F)F)C3=O)O1. The number of halogens is 2. The zero-order chi connectivity index (χ0) is 22.2. The molecule has 8 heteroatoms. The summed E-state index contributed by atoms with van der Waals surface area (Å²) in [5.41, 5.74) is 1.99. The molecule has 0 N–H and O–H groups in total. The number of Topliss-reactive ketones (excluding diaryl/α,β-unsaturated/α-hetero) is 1. The summed E-state index contributed by atoms with van der Waals surface area (Å²) >= 11 is 0. The maximum Gasteiger partial charge on any atom is 0.387 e. The molecule has 3 heterocycles. The van der Waals surface area contributed by atoms with Crippen LogP contribution in [0, 0.1) is 0 Å². The first kappa shape index (κ1) is 19.9. The number of alkyl halides is 2. The first-order valence-corrected chi connectivity index (χ1v) is 9.77. The molecule has 2 aromatic carbocycles. The molecule has 5 rings (SSSR count). The highest BCUT2D eigenvalue weighted by Crippen LogP contribution is 2.49. The van der Waals surface area contributed by atoms with E-state index in [9.17, 15) is 18.4 Å². The van der Waals surface area contributed by atoms with Crippen molar-refractivity contribution in [2.45, 2.75) is 19.0 Å². The van der Waals surface area contributed by atoms with Crippen molar-refractivity contribution >= 4 is 17.8 Å². The van der Waals surface area contributed by atoms with Gasteiger partial charge in [0.25, 0.3) is 0 Å². The fourth-order valence-corrected chi connectivity index (χ4v) is 3.93. The number of rotatable bonds is 4. The van der Waals surface area contributed by atoms with Crippen molar-refractivity contribution in [3.05, 3.63) is 88.9 Å². The summed E-state index contributed by atoms with van der Waals surface area (Å²) in [7, 11) is 0. The molecular formula is C24H15F2NO5. The van der Waals surface area contributed by atoms with Gasteiger partial charge in [0.2, 0.25) is 5.78 Å². The van der Waals surface area contributed by atoms with Gasteiger partial charge in [0.15, 0.2) is 5.76 Å². The number of fused-ring (bicyclic) bond motifs is 3. The lowest BCUT2D eigenvalue weighted by Gasteiger charge is -2.26. The summed E-state index contributed by atoms with van der Waals surface area (Å²) in [6.45, 7) is -3.00. The molecule has 0 bridgehead atoms. The second kappa shape index (κ2) is 7.88. The monoisotopic (exact) mass is 435 g/mol. The Morgan fingerprint density at radius 1 is 1.03 bits per heavy atom. The number of pyridine rings is 1. The minimum absolute atomic E-state index is 0.0379. The molecule has 0 saturated heterocycles. The van der Waals surface area contributed by atoms with E-state index in [1.165, 1.54) is 18.2 Å². The van der Waals surface area contributed by atoms with E-state index in [2.05, 4.69) is 9.72 Å². The van der Waals surface area contributed by atoms with Gasteiger partial charge in [-0.25, -0.2) is 0 Å². The van der Waals surface area contributed by atoms with Gasteiger partial charge in [-0.05, 0) is 42.0 Å². The van der Waals surface area contributed by atoms with Gasteiger partial charge in [0.1, 0.15) is 17.2 Å². The van der Waals surface area contributed by atoms with Crippen LogP contribution in [0.3, 0.4) is 0 Å². The predicted octanol–water partition coefficient (Wildman–Crippen LogP) is 4.74. The normalized spacial score (nSPS) is 18.2. The van der Waals surface area contributed by atoms with Crippen molar-refractivity contribution in [1.82, 2.24) is 4.98 Å². The average Bonchev–Trinajstić information content (AvgIpc) is 3.10. The Bertz CT molecular complexity index is 1260. The standard InChI is InChI=1S/C24H15F2NO5/c25-24(26)32-17-4-2-1-3-14(17)11-19-22(29)15-5-6-18-21(23(15)31-19)16(12-20(28)30-18)13-7-9-27-10-8-13/h1-11,16,24H,12H2. The second-order valence-electron chi connectivity index (χ2n) is 7.22. The Balaban J connectivity index is 1.59. The van der Waals surface area contributed by atoms with Gasteiger partial charge in [-0.2, -0.15) is 8.78 Å². The number of ketones is 1. The Morgan fingerprint density at radius 2 is 1.81 bits per heavy atom. The second-order valence-corrected chi connectivity index (χ2v) is 7.22. The highest BCUT2D eigenvalue weighted by molar-refractivity contribution is 6.15. The summed E-state index contributed by atoms with van der Waals surface area (Å²) in [6.07, 6.45) is 4.68. The lowest BCUT2D eigenvalue weighted by Crippen LogP contribution is -2.21. The third-order valence-electron chi connectivity index (χ3n) is 5.31. The van der Waals surface area contributed by atoms with E-state index in [0.717, 1.165) is 5.56 Å². The van der Waals surface area contributed by atoms with E-state index in [-0.39, 0.29) is 29.4 Å². The lowest BCUT2D eigenvalue weighted by molar-refractivity contribution is -0.135. The van der Waals surface area contributed by atoms with E-state index < -0.39 is 18.4 Å². The van der Waals surface area contributed by atoms with Crippen molar-refractivity contribution in [2.75, 3.05) is 0 Å². The molecule has 0 amide bonds. The van der Waals surface area contributed by atoms with Crippen molar-refractivity contribution in [2.24, 2.45) is 0 Å². The molecule has 6 nitrogen and oxygen atoms in total. The fourth-order valence-electron chi connectivity index (χ4n) is 3.93. The van der Waals surface area contributed by atoms with Crippen LogP contribution in [0.5, 0.6) is 17.2 Å². The number of para-hydroxylation sites is 1. The van der Waals surface area contributed by atoms with Crippen LogP contribution in [0.15, 0.2) is 66.7 Å². The molecule has 0 fully saturated rings. The highest BCUT2D eigenvalue weighted by atomic mass is 19.3. The Kier molecular flexibility index (Phi) is 4.89. The van der Waals surface area contributed by atoms with Crippen LogP contribution in [-0.2, 0) is 4.79 Å². The van der Waals surface area contributed by atoms with E-state index in [4.69, 9.17) is 9.47 Å². The maximum atomic E-state index is 13.0. The molecule has 3 aromatic rings. The lowest BCUT2D eigenvalue weighted by atomic mass is 9.85. The molecule has 0 radical (unpaired) electrons. The number of hydrogen-bond donors (Lipinski definition) is 0. The number of hydrogen-bond acceptors (Lipinski definition) is 6. The van der Waals surface area contributed by atoms with Crippen LogP contribution < -0.4 is 14.2 Å². The Morgan fingerprint density at radius 3 is 2.59 bits per heavy atom. The molecule has 0 spiro atoms. The molecule has 0 aliphatic carbocycles. The number of aromatic nitrogens is 1. The fraction of sp³-hybridized carbons (Fsp3) is 0.125. The van der Waals surface area contributed by atoms with Gasteiger partial charge in [0.05, 0.1) is 12.0 Å². The number of carbonyl (C=O) groups is 2. The third kappa shape index (κ3) is 3.49. The van der Waals surface area contributed by atoms with Crippen LogP contribution in [0.4, 0.5) is 8.78 Å². The summed E-state index contributed by atoms with van der Waals surface area (Å²) in [4.78, 5) is 29.2. The van der Waals surface area contributed by atoms with Crippen LogP contribution in [0.2, 0.25) is 0 Å². The molecule has 1 aromatic heterocycles. The average molecular weight is 435 g/mol. The summed E-state index contributed by atoms with van der Waals surface area (Å²) < 4.78 is 41.3. The van der Waals surface area contributed by atoms with Crippen LogP contribution >= 0.6 is 0 Å². The minimum Gasteiger partial charge on any atom is -0.452 e. The maximum absolute atomic E-state index is 13.0. The molecule has 1 unspecified atom stereocenters. The number of benzene rings is 2. The minimum atomic E-state index is -3.00. The van der Waals surface area contributed by atoms with Crippen molar-refractivity contribution < 1.29 is 32.6 Å². The van der Waals surface area contributed by atoms with E-state index in [1.54, 1.807) is 48.8 Å². The molecular weight excluding hydrogens is 420 g/mol. The number of ether oxygens (including phenoxy) is 3. The van der Waals surface area contributed by atoms with Crippen LogP contribution in [-0.4, -0.2) is 23.3 Å². The third-order valence-corrected chi connectivity index (χ3v) is 5.31. The van der Waals surface area contributed by atoms with Crippen molar-refractivity contribution in [3.8, 4) is 17.2 Å². The Hall–Kier alpha value is -4.07. The summed E-state index contributed by atoms with van der Waals surface area (Å²) in [5, 5.41) is 0. The molecule has 0 saturated carbocycles. The van der Waals surface area contributed by atoms with E-state index in [1.807, 2.05) is 0 Å². The Labute approximate surface area is 181 Å². The molecule has 2 aliphatic heterocycles. The number of allylic oxidation sites excluding steroid dienone is 1. The molecule has 160 valence electrons. The highest BCUT2D eigenvalue weighted by Gasteiger charge is 2.38. The first-order chi connectivity index (χ1) is 15.5. The first-order valence-electron chi connectivity index (χ1n) is 9.77. The van der Waals surface area contributed by atoms with Crippen LogP contribution in [0.1, 0.15) is 39.4 Å². The molecule has 32 heavy (non-hydrogen) atoms. The van der Waals surface area contributed by atoms with Gasteiger partial charge in [-0.3, -0.25) is 14.6 Å². The van der Waals surface area contributed by atoms with Gasteiger partial charge in [-0.1, -0.05) is 18.2 Å².